The van der Waals surface area contributed by atoms with Crippen LogP contribution in [0, 0.1) is 0 Å². The molecule has 206 valence electrons. The maximum atomic E-state index is 12.8. The van der Waals surface area contributed by atoms with Gasteiger partial charge in [0.15, 0.2) is 6.61 Å². The number of thiophene rings is 1. The van der Waals surface area contributed by atoms with E-state index in [0.717, 1.165) is 28.8 Å². The van der Waals surface area contributed by atoms with Gasteiger partial charge in [0.2, 0.25) is 0 Å². The predicted octanol–water partition coefficient (Wildman–Crippen LogP) is 6.15. The van der Waals surface area contributed by atoms with Crippen LogP contribution in [0.4, 0.5) is 5.00 Å². The first-order valence-corrected chi connectivity index (χ1v) is 14.1. The zero-order chi connectivity index (χ0) is 28.3. The van der Waals surface area contributed by atoms with Gasteiger partial charge in [0.25, 0.3) is 5.91 Å². The summed E-state index contributed by atoms with van der Waals surface area (Å²) < 4.78 is 10.3. The van der Waals surface area contributed by atoms with Crippen LogP contribution >= 0.6 is 11.3 Å². The molecule has 3 aromatic carbocycles. The lowest BCUT2D eigenvalue weighted by Crippen LogP contribution is -2.22. The van der Waals surface area contributed by atoms with Crippen molar-refractivity contribution in [2.45, 2.75) is 25.2 Å². The first-order valence-electron chi connectivity index (χ1n) is 13.3. The van der Waals surface area contributed by atoms with Gasteiger partial charge in [-0.1, -0.05) is 60.7 Å². The lowest BCUT2D eigenvalue weighted by Gasteiger charge is -2.22. The summed E-state index contributed by atoms with van der Waals surface area (Å²) in [6.07, 6.45) is 2.39. The Hall–Kier alpha value is -4.76. The van der Waals surface area contributed by atoms with Crippen molar-refractivity contribution >= 4 is 45.2 Å². The van der Waals surface area contributed by atoms with E-state index in [1.54, 1.807) is 18.2 Å². The Balaban J connectivity index is 1.13. The number of nitrogens with one attached hydrogen (secondary N) is 2. The molecule has 0 aliphatic heterocycles. The van der Waals surface area contributed by atoms with Crippen LogP contribution in [0.1, 0.15) is 49.1 Å². The number of aromatic amines is 1. The molecule has 2 aromatic heterocycles. The third kappa shape index (κ3) is 5.49. The number of esters is 2. The molecule has 0 spiro atoms. The van der Waals surface area contributed by atoms with E-state index in [9.17, 15) is 14.4 Å². The molecule has 0 saturated carbocycles. The van der Waals surface area contributed by atoms with Gasteiger partial charge in [-0.25, -0.2) is 14.6 Å². The number of hydrogen-bond acceptors (Lipinski definition) is 7. The Labute approximate surface area is 240 Å². The van der Waals surface area contributed by atoms with E-state index in [1.165, 1.54) is 24.0 Å². The molecule has 6 rings (SSSR count). The van der Waals surface area contributed by atoms with Crippen LogP contribution in [0.2, 0.25) is 0 Å². The lowest BCUT2D eigenvalue weighted by atomic mass is 9.83. The van der Waals surface area contributed by atoms with Crippen LogP contribution in [0.15, 0.2) is 78.9 Å². The first-order chi connectivity index (χ1) is 20.0. The molecule has 0 bridgehead atoms. The average molecular weight is 566 g/mol. The van der Waals surface area contributed by atoms with Crippen LogP contribution in [0.3, 0.4) is 0 Å². The van der Waals surface area contributed by atoms with E-state index in [-0.39, 0.29) is 0 Å². The van der Waals surface area contributed by atoms with Crippen molar-refractivity contribution in [3.8, 4) is 11.4 Å². The Morgan fingerprint density at radius 1 is 1.00 bits per heavy atom. The molecule has 0 fully saturated rings. The van der Waals surface area contributed by atoms with Gasteiger partial charge in [0.1, 0.15) is 10.8 Å². The fraction of sp³-hybridized carbons (Fsp3) is 0.188. The minimum absolute atomic E-state index is 0.294. The highest BCUT2D eigenvalue weighted by Crippen LogP contribution is 2.42. The second-order valence-electron chi connectivity index (χ2n) is 9.86. The largest absolute Gasteiger partial charge is 0.465 e. The zero-order valence-electron chi connectivity index (χ0n) is 22.3. The summed E-state index contributed by atoms with van der Waals surface area (Å²) in [5, 5.41) is 3.20. The molecule has 2 heterocycles. The number of carbonyl (C=O) groups is 3. The number of amides is 1. The Morgan fingerprint density at radius 3 is 2.51 bits per heavy atom. The molecule has 1 atom stereocenters. The number of aromatic nitrogens is 2. The third-order valence-corrected chi connectivity index (χ3v) is 8.45. The number of hydrogen-bond donors (Lipinski definition) is 2. The highest BCUT2D eigenvalue weighted by atomic mass is 32.1. The van der Waals surface area contributed by atoms with Gasteiger partial charge in [-0.15, -0.1) is 11.3 Å². The van der Waals surface area contributed by atoms with E-state index < -0.39 is 24.5 Å². The number of ether oxygens (including phenoxy) is 2. The molecule has 0 radical (unpaired) electrons. The normalized spacial score (nSPS) is 14.3. The molecule has 1 aliphatic rings. The van der Waals surface area contributed by atoms with E-state index in [2.05, 4.69) is 27.4 Å². The minimum atomic E-state index is -0.637. The first kappa shape index (κ1) is 26.5. The average Bonchev–Trinajstić information content (AvgIpc) is 3.60. The van der Waals surface area contributed by atoms with Crippen molar-refractivity contribution in [3.63, 3.8) is 0 Å². The quantitative estimate of drug-likeness (QED) is 0.229. The summed E-state index contributed by atoms with van der Waals surface area (Å²) in [6.45, 7) is -0.495. The fourth-order valence-corrected chi connectivity index (χ4v) is 6.58. The highest BCUT2D eigenvalue weighted by Gasteiger charge is 2.30. The number of carbonyl (C=O) groups excluding carboxylic acids is 3. The number of nitrogens with zero attached hydrogens (tertiary/aromatic N) is 1. The predicted molar refractivity (Wildman–Crippen MR) is 157 cm³/mol. The molecule has 9 heteroatoms. The van der Waals surface area contributed by atoms with Crippen LogP contribution in [-0.4, -0.2) is 41.5 Å². The smallest absolute Gasteiger partial charge is 0.341 e. The molecular formula is C32H27N3O5S. The van der Waals surface area contributed by atoms with Gasteiger partial charge in [-0.05, 0) is 54.5 Å². The molecule has 1 amide bonds. The summed E-state index contributed by atoms with van der Waals surface area (Å²) in [5.41, 5.74) is 5.19. The standard InChI is InChI=1S/C32H27N3O5S/c1-39-32(38)28-23-14-12-21(19-8-4-2-5-9-19)17-26(23)41-30(28)35-27(36)18-40-31(37)22-13-15-24-25(16-22)34-29(33-24)20-10-6-3-7-11-20/h2-11,13,15-16,21H,12,14,17-18H2,1H3,(H,33,34)(H,35,36). The van der Waals surface area contributed by atoms with Gasteiger partial charge < -0.3 is 19.8 Å². The Bertz CT molecular complexity index is 1740. The number of imidazole rings is 1. The fourth-order valence-electron chi connectivity index (χ4n) is 5.25. The number of H-pyrrole nitrogens is 1. The number of methoxy groups -OCH3 is 1. The number of benzene rings is 3. The van der Waals surface area contributed by atoms with Crippen LogP contribution in [0.25, 0.3) is 22.4 Å². The molecule has 1 unspecified atom stereocenters. The van der Waals surface area contributed by atoms with E-state index >= 15 is 0 Å². The van der Waals surface area contributed by atoms with Gasteiger partial charge in [0, 0.05) is 10.4 Å². The summed E-state index contributed by atoms with van der Waals surface area (Å²) in [7, 11) is 1.33. The van der Waals surface area contributed by atoms with Crippen molar-refractivity contribution in [3.05, 3.63) is 106 Å². The van der Waals surface area contributed by atoms with Crippen molar-refractivity contribution in [1.82, 2.24) is 9.97 Å². The molecule has 8 nitrogen and oxygen atoms in total. The van der Waals surface area contributed by atoms with Crippen molar-refractivity contribution in [2.24, 2.45) is 0 Å². The summed E-state index contributed by atoms with van der Waals surface area (Å²) in [4.78, 5) is 47.1. The molecule has 41 heavy (non-hydrogen) atoms. The van der Waals surface area contributed by atoms with E-state index in [1.807, 2.05) is 48.5 Å². The lowest BCUT2D eigenvalue weighted by molar-refractivity contribution is -0.119. The summed E-state index contributed by atoms with van der Waals surface area (Å²) in [5.74, 6) is -0.623. The maximum Gasteiger partial charge on any atom is 0.341 e. The topological polar surface area (TPSA) is 110 Å². The summed E-state index contributed by atoms with van der Waals surface area (Å²) in [6, 6.07) is 25.0. The van der Waals surface area contributed by atoms with Crippen molar-refractivity contribution in [2.75, 3.05) is 19.0 Å². The maximum absolute atomic E-state index is 12.8. The van der Waals surface area contributed by atoms with E-state index in [0.29, 0.717) is 45.3 Å². The Morgan fingerprint density at radius 2 is 1.76 bits per heavy atom. The SMILES string of the molecule is COC(=O)c1c(NC(=O)COC(=O)c2ccc3nc(-c4ccccc4)[nH]c3c2)sc2c1CCC(c1ccccc1)C2. The Kier molecular flexibility index (Phi) is 7.35. The zero-order valence-corrected chi connectivity index (χ0v) is 23.1. The summed E-state index contributed by atoms with van der Waals surface area (Å²) >= 11 is 1.38. The highest BCUT2D eigenvalue weighted by molar-refractivity contribution is 7.17. The monoisotopic (exact) mass is 565 g/mol. The van der Waals surface area contributed by atoms with Gasteiger partial charge in [-0.2, -0.15) is 0 Å². The number of fused-ring (bicyclic) bond motifs is 2. The molecule has 2 N–H and O–H groups in total. The number of anilines is 1. The van der Waals surface area contributed by atoms with E-state index in [4.69, 9.17) is 9.47 Å². The van der Waals surface area contributed by atoms with Crippen molar-refractivity contribution < 1.29 is 23.9 Å². The third-order valence-electron chi connectivity index (χ3n) is 7.28. The van der Waals surface area contributed by atoms with Crippen molar-refractivity contribution in [1.29, 1.82) is 0 Å². The van der Waals surface area contributed by atoms with Gasteiger partial charge in [-0.3, -0.25) is 4.79 Å². The van der Waals surface area contributed by atoms with Gasteiger partial charge >= 0.3 is 11.9 Å². The molecular weight excluding hydrogens is 538 g/mol. The van der Waals surface area contributed by atoms with Crippen LogP contribution < -0.4 is 5.32 Å². The molecule has 1 aliphatic carbocycles. The molecule has 5 aromatic rings. The number of rotatable bonds is 7. The van der Waals surface area contributed by atoms with Crippen LogP contribution in [-0.2, 0) is 27.1 Å². The van der Waals surface area contributed by atoms with Crippen LogP contribution in [0.5, 0.6) is 0 Å². The molecule has 0 saturated heterocycles. The second-order valence-corrected chi connectivity index (χ2v) is 11.0. The second kappa shape index (κ2) is 11.4. The van der Waals surface area contributed by atoms with Gasteiger partial charge in [0.05, 0.1) is 29.3 Å². The minimum Gasteiger partial charge on any atom is -0.465 e.